The van der Waals surface area contributed by atoms with Crippen LogP contribution >= 0.6 is 0 Å². The number of imide groups is 1. The topological polar surface area (TPSA) is 62.3 Å². The minimum absolute atomic E-state index is 0.180. The van der Waals surface area contributed by atoms with Crippen LogP contribution in [0.25, 0.3) is 0 Å². The minimum atomic E-state index is -0.497. The van der Waals surface area contributed by atoms with Crippen molar-refractivity contribution in [3.05, 3.63) is 66.0 Å². The van der Waals surface area contributed by atoms with Crippen molar-refractivity contribution in [3.63, 3.8) is 0 Å². The van der Waals surface area contributed by atoms with Gasteiger partial charge in [0.15, 0.2) is 0 Å². The summed E-state index contributed by atoms with van der Waals surface area (Å²) in [7, 11) is 0. The predicted octanol–water partition coefficient (Wildman–Crippen LogP) is 1.74. The summed E-state index contributed by atoms with van der Waals surface area (Å²) < 4.78 is 0. The molecule has 5 nitrogen and oxygen atoms in total. The lowest BCUT2D eigenvalue weighted by Crippen LogP contribution is -2.32. The third-order valence-corrected chi connectivity index (χ3v) is 3.48. The second-order valence-corrected chi connectivity index (χ2v) is 4.97. The molecule has 2 aromatic rings. The summed E-state index contributed by atoms with van der Waals surface area (Å²) in [5, 5.41) is 2.74. The normalized spacial score (nSPS) is 17.9. The summed E-state index contributed by atoms with van der Waals surface area (Å²) in [6.07, 6.45) is 3.84. The van der Waals surface area contributed by atoms with Gasteiger partial charge in [0.1, 0.15) is 6.04 Å². The van der Waals surface area contributed by atoms with E-state index in [1.54, 1.807) is 12.4 Å². The highest BCUT2D eigenvalue weighted by atomic mass is 16.2. The zero-order valence-electron chi connectivity index (χ0n) is 11.4. The van der Waals surface area contributed by atoms with Crippen LogP contribution < -0.4 is 5.32 Å². The maximum Gasteiger partial charge on any atom is 0.325 e. The van der Waals surface area contributed by atoms with Crippen molar-refractivity contribution in [2.75, 3.05) is 0 Å². The van der Waals surface area contributed by atoms with E-state index in [9.17, 15) is 9.59 Å². The van der Waals surface area contributed by atoms with Crippen LogP contribution in [-0.2, 0) is 17.8 Å². The van der Waals surface area contributed by atoms with Gasteiger partial charge in [0, 0.05) is 18.8 Å². The molecule has 0 spiro atoms. The van der Waals surface area contributed by atoms with Gasteiger partial charge < -0.3 is 5.32 Å². The van der Waals surface area contributed by atoms with E-state index in [-0.39, 0.29) is 11.9 Å². The van der Waals surface area contributed by atoms with Gasteiger partial charge in [-0.05, 0) is 23.3 Å². The highest BCUT2D eigenvalue weighted by Crippen LogP contribution is 2.15. The lowest BCUT2D eigenvalue weighted by Gasteiger charge is -2.13. The number of carbonyl (C=O) groups excluding carboxylic acids is 2. The van der Waals surface area contributed by atoms with Crippen molar-refractivity contribution in [1.29, 1.82) is 0 Å². The van der Waals surface area contributed by atoms with Crippen LogP contribution in [0.4, 0.5) is 4.79 Å². The zero-order valence-corrected chi connectivity index (χ0v) is 11.4. The fourth-order valence-corrected chi connectivity index (χ4v) is 2.39. The lowest BCUT2D eigenvalue weighted by atomic mass is 10.1. The second-order valence-electron chi connectivity index (χ2n) is 4.97. The van der Waals surface area contributed by atoms with Gasteiger partial charge in [-0.15, -0.1) is 0 Å². The Morgan fingerprint density at radius 2 is 1.71 bits per heavy atom. The van der Waals surface area contributed by atoms with E-state index in [1.807, 2.05) is 42.5 Å². The summed E-state index contributed by atoms with van der Waals surface area (Å²) in [5.41, 5.74) is 1.91. The number of rotatable bonds is 4. The first-order chi connectivity index (χ1) is 10.2. The Hall–Kier alpha value is -2.69. The molecule has 0 bridgehead atoms. The van der Waals surface area contributed by atoms with Gasteiger partial charge in [-0.1, -0.05) is 30.3 Å². The zero-order chi connectivity index (χ0) is 14.7. The van der Waals surface area contributed by atoms with Gasteiger partial charge >= 0.3 is 6.03 Å². The van der Waals surface area contributed by atoms with Gasteiger partial charge in [0.05, 0.1) is 6.54 Å². The van der Waals surface area contributed by atoms with Gasteiger partial charge in [-0.2, -0.15) is 0 Å². The molecule has 3 amide bonds. The molecule has 106 valence electrons. The van der Waals surface area contributed by atoms with E-state index in [2.05, 4.69) is 10.3 Å². The van der Waals surface area contributed by atoms with E-state index >= 15 is 0 Å². The van der Waals surface area contributed by atoms with E-state index in [0.717, 1.165) is 11.1 Å². The molecule has 1 aliphatic heterocycles. The monoisotopic (exact) mass is 281 g/mol. The Labute approximate surface area is 122 Å². The lowest BCUT2D eigenvalue weighted by molar-refractivity contribution is -0.127. The number of carbonyl (C=O) groups is 2. The van der Waals surface area contributed by atoms with Crippen LogP contribution in [-0.4, -0.2) is 27.9 Å². The molecule has 1 aliphatic rings. The molecule has 1 aromatic heterocycles. The third kappa shape index (κ3) is 2.91. The number of nitrogens with one attached hydrogen (secondary N) is 1. The molecule has 2 heterocycles. The van der Waals surface area contributed by atoms with Crippen LogP contribution in [0, 0.1) is 0 Å². The van der Waals surface area contributed by atoms with Gasteiger partial charge in [-0.3, -0.25) is 14.7 Å². The Bertz CT molecular complexity index is 643. The molecule has 1 fully saturated rings. The smallest absolute Gasteiger partial charge is 0.325 e. The number of urea groups is 1. The maximum atomic E-state index is 12.4. The van der Waals surface area contributed by atoms with E-state index in [1.165, 1.54) is 4.90 Å². The van der Waals surface area contributed by atoms with Crippen molar-refractivity contribution in [1.82, 2.24) is 15.2 Å². The predicted molar refractivity (Wildman–Crippen MR) is 77.3 cm³/mol. The number of nitrogens with zero attached hydrogens (tertiary/aromatic N) is 2. The molecule has 21 heavy (non-hydrogen) atoms. The largest absolute Gasteiger partial charge is 0.325 e. The number of aromatic nitrogens is 1. The first kappa shape index (κ1) is 13.3. The molecule has 1 aromatic carbocycles. The number of amides is 3. The van der Waals surface area contributed by atoms with Gasteiger partial charge in [0.25, 0.3) is 5.91 Å². The highest BCUT2D eigenvalue weighted by Gasteiger charge is 2.37. The van der Waals surface area contributed by atoms with Crippen molar-refractivity contribution >= 4 is 11.9 Å². The highest BCUT2D eigenvalue weighted by molar-refractivity contribution is 6.04. The molecular formula is C16H15N3O2. The standard InChI is InChI=1S/C16H15N3O2/c20-15-14(10-12-6-8-17-9-7-12)18-16(21)19(15)11-13-4-2-1-3-5-13/h1-9,14H,10-11H2,(H,18,21). The molecule has 1 saturated heterocycles. The Morgan fingerprint density at radius 1 is 1.00 bits per heavy atom. The Balaban J connectivity index is 1.70. The number of hydrogen-bond acceptors (Lipinski definition) is 3. The molecule has 3 rings (SSSR count). The molecule has 1 N–H and O–H groups in total. The maximum absolute atomic E-state index is 12.4. The van der Waals surface area contributed by atoms with Gasteiger partial charge in [0.2, 0.25) is 0 Å². The fraction of sp³-hybridized carbons (Fsp3) is 0.188. The van der Waals surface area contributed by atoms with Crippen molar-refractivity contribution in [2.24, 2.45) is 0 Å². The number of benzene rings is 1. The second kappa shape index (κ2) is 5.75. The average Bonchev–Trinajstić information content (AvgIpc) is 2.77. The SMILES string of the molecule is O=C1NC(Cc2ccncc2)C(=O)N1Cc1ccccc1. The summed E-state index contributed by atoms with van der Waals surface area (Å²) >= 11 is 0. The van der Waals surface area contributed by atoms with E-state index in [0.29, 0.717) is 13.0 Å². The average molecular weight is 281 g/mol. The summed E-state index contributed by atoms with van der Waals surface area (Å²) in [6.45, 7) is 0.304. The Morgan fingerprint density at radius 3 is 2.43 bits per heavy atom. The fourth-order valence-electron chi connectivity index (χ4n) is 2.39. The molecule has 5 heteroatoms. The summed E-state index contributed by atoms with van der Waals surface area (Å²) in [6, 6.07) is 12.4. The molecule has 0 saturated carbocycles. The number of hydrogen-bond donors (Lipinski definition) is 1. The first-order valence-corrected chi connectivity index (χ1v) is 6.79. The van der Waals surface area contributed by atoms with Crippen molar-refractivity contribution < 1.29 is 9.59 Å². The first-order valence-electron chi connectivity index (χ1n) is 6.79. The van der Waals surface area contributed by atoms with E-state index in [4.69, 9.17) is 0 Å². The molecular weight excluding hydrogens is 266 g/mol. The molecule has 1 unspecified atom stereocenters. The quantitative estimate of drug-likeness (QED) is 0.868. The van der Waals surface area contributed by atoms with Crippen molar-refractivity contribution in [3.8, 4) is 0 Å². The van der Waals surface area contributed by atoms with Crippen LogP contribution in [0.2, 0.25) is 0 Å². The third-order valence-electron chi connectivity index (χ3n) is 3.48. The summed E-state index contributed by atoms with van der Waals surface area (Å²) in [5.74, 6) is -0.180. The number of pyridine rings is 1. The van der Waals surface area contributed by atoms with Crippen LogP contribution in [0.3, 0.4) is 0 Å². The summed E-state index contributed by atoms with van der Waals surface area (Å²) in [4.78, 5) is 29.5. The van der Waals surface area contributed by atoms with Crippen LogP contribution in [0.15, 0.2) is 54.9 Å². The molecule has 0 aliphatic carbocycles. The Kier molecular flexibility index (Phi) is 3.64. The van der Waals surface area contributed by atoms with E-state index < -0.39 is 6.04 Å². The van der Waals surface area contributed by atoms with Crippen molar-refractivity contribution in [2.45, 2.75) is 19.0 Å². The van der Waals surface area contributed by atoms with Gasteiger partial charge in [-0.25, -0.2) is 4.79 Å². The van der Waals surface area contributed by atoms with Crippen LogP contribution in [0.1, 0.15) is 11.1 Å². The van der Waals surface area contributed by atoms with Crippen LogP contribution in [0.5, 0.6) is 0 Å². The minimum Gasteiger partial charge on any atom is -0.325 e. The molecule has 1 atom stereocenters. The molecule has 0 radical (unpaired) electrons.